The van der Waals surface area contributed by atoms with Gasteiger partial charge < -0.3 is 19.7 Å². The number of ether oxygens (including phenoxy) is 1. The van der Waals surface area contributed by atoms with E-state index in [2.05, 4.69) is 65.6 Å². The second-order valence-electron chi connectivity index (χ2n) is 9.16. The first kappa shape index (κ1) is 23.1. The predicted molar refractivity (Wildman–Crippen MR) is 134 cm³/mol. The highest BCUT2D eigenvalue weighted by Crippen LogP contribution is 2.47. The van der Waals surface area contributed by atoms with Crippen molar-refractivity contribution in [3.05, 3.63) is 50.9 Å². The molecule has 3 heterocycles. The van der Waals surface area contributed by atoms with Gasteiger partial charge in [0.1, 0.15) is 11.4 Å². The molecule has 0 aliphatic carbocycles. The largest absolute Gasteiger partial charge is 0.496 e. The summed E-state index contributed by atoms with van der Waals surface area (Å²) in [6.07, 6.45) is 2.36. The van der Waals surface area contributed by atoms with Gasteiger partial charge in [-0.2, -0.15) is 0 Å². The van der Waals surface area contributed by atoms with Gasteiger partial charge in [-0.05, 0) is 97.2 Å². The number of aromatic carboxylic acids is 1. The topological polar surface area (TPSA) is 63.5 Å². The first-order valence-electron chi connectivity index (χ1n) is 10.9. The van der Waals surface area contributed by atoms with Crippen LogP contribution in [0.5, 0.6) is 5.75 Å². The van der Waals surface area contributed by atoms with Crippen molar-refractivity contribution in [3.63, 3.8) is 0 Å². The first-order valence-corrected chi connectivity index (χ1v) is 12.5. The molecule has 5 nitrogen and oxygen atoms in total. The minimum Gasteiger partial charge on any atom is -0.496 e. The summed E-state index contributed by atoms with van der Waals surface area (Å²) in [5.74, 6) is -0.0581. The van der Waals surface area contributed by atoms with E-state index in [1.54, 1.807) is 18.4 Å². The number of nitrogens with zero attached hydrogens (tertiary/aromatic N) is 1. The van der Waals surface area contributed by atoms with E-state index in [1.165, 1.54) is 5.56 Å². The number of hydrogen-bond acceptors (Lipinski definition) is 4. The van der Waals surface area contributed by atoms with E-state index in [0.717, 1.165) is 56.9 Å². The number of aromatic nitrogens is 1. The molecule has 1 aliphatic heterocycles. The second kappa shape index (κ2) is 9.04. The monoisotopic (exact) mass is 516 g/mol. The molecule has 0 atom stereocenters. The van der Waals surface area contributed by atoms with E-state index < -0.39 is 5.97 Å². The van der Waals surface area contributed by atoms with E-state index in [1.807, 2.05) is 10.6 Å². The molecule has 0 saturated carbocycles. The molecule has 0 bridgehead atoms. The van der Waals surface area contributed by atoms with Crippen LogP contribution in [-0.4, -0.2) is 34.8 Å². The summed E-state index contributed by atoms with van der Waals surface area (Å²) in [5.41, 5.74) is 5.73. The number of aryl methyl sites for hydroxylation is 1. The molecular formula is C25H29BrN2O3S. The van der Waals surface area contributed by atoms with E-state index in [-0.39, 0.29) is 5.54 Å². The Bertz CT molecular complexity index is 1140. The molecule has 1 aliphatic rings. The van der Waals surface area contributed by atoms with Crippen LogP contribution in [0.4, 0.5) is 0 Å². The van der Waals surface area contributed by atoms with E-state index in [4.69, 9.17) is 4.74 Å². The molecule has 0 unspecified atom stereocenters. The molecule has 0 fully saturated rings. The number of nitrogens with one attached hydrogen (secondary N) is 1. The van der Waals surface area contributed by atoms with Gasteiger partial charge >= 0.3 is 5.97 Å². The third-order valence-electron chi connectivity index (χ3n) is 5.83. The summed E-state index contributed by atoms with van der Waals surface area (Å²) < 4.78 is 8.40. The average molecular weight is 517 g/mol. The molecule has 1 aromatic carbocycles. The Hall–Kier alpha value is -2.09. The summed E-state index contributed by atoms with van der Waals surface area (Å²) in [6, 6.07) is 8.27. The summed E-state index contributed by atoms with van der Waals surface area (Å²) in [7, 11) is 1.67. The number of carboxylic acids is 1. The lowest BCUT2D eigenvalue weighted by Gasteiger charge is -2.23. The smallest absolute Gasteiger partial charge is 0.352 e. The maximum atomic E-state index is 12.5. The van der Waals surface area contributed by atoms with Crippen LogP contribution in [0, 0.1) is 0 Å². The van der Waals surface area contributed by atoms with Gasteiger partial charge in [-0.3, -0.25) is 0 Å². The van der Waals surface area contributed by atoms with Crippen molar-refractivity contribution in [2.75, 3.05) is 13.7 Å². The Balaban J connectivity index is 1.88. The van der Waals surface area contributed by atoms with E-state index >= 15 is 0 Å². The Labute approximate surface area is 201 Å². The van der Waals surface area contributed by atoms with Crippen LogP contribution in [0.25, 0.3) is 21.7 Å². The lowest BCUT2D eigenvalue weighted by atomic mass is 9.93. The van der Waals surface area contributed by atoms with Crippen LogP contribution >= 0.6 is 27.3 Å². The fourth-order valence-corrected chi connectivity index (χ4v) is 5.79. The highest BCUT2D eigenvalue weighted by Gasteiger charge is 2.32. The molecule has 3 aromatic rings. The zero-order chi connectivity index (χ0) is 23.0. The average Bonchev–Trinajstić information content (AvgIpc) is 3.35. The maximum absolute atomic E-state index is 12.5. The minimum absolute atomic E-state index is 0.0382. The summed E-state index contributed by atoms with van der Waals surface area (Å²) in [4.78, 5) is 13.6. The van der Waals surface area contributed by atoms with Crippen LogP contribution in [0.2, 0.25) is 0 Å². The number of benzene rings is 1. The maximum Gasteiger partial charge on any atom is 0.352 e. The minimum atomic E-state index is -0.858. The zero-order valence-electron chi connectivity index (χ0n) is 18.9. The molecule has 2 N–H and O–H groups in total. The van der Waals surface area contributed by atoms with Crippen LogP contribution in [0.15, 0.2) is 34.1 Å². The summed E-state index contributed by atoms with van der Waals surface area (Å²) >= 11 is 5.29. The van der Waals surface area contributed by atoms with Gasteiger partial charge in [-0.15, -0.1) is 11.3 Å². The zero-order valence-corrected chi connectivity index (χ0v) is 21.3. The van der Waals surface area contributed by atoms with Crippen LogP contribution in [0.1, 0.15) is 48.8 Å². The van der Waals surface area contributed by atoms with Gasteiger partial charge in [-0.25, -0.2) is 4.79 Å². The molecule has 170 valence electrons. The SMILES string of the molecule is COc1cc2c(cc1Br)-c1c(-c3cccs3)c(CCCNC(C)(C)C)c(C(=O)O)n1CC2. The Morgan fingerprint density at radius 1 is 1.34 bits per heavy atom. The molecular weight excluding hydrogens is 488 g/mol. The predicted octanol–water partition coefficient (Wildman–Crippen LogP) is 6.23. The molecule has 2 aromatic heterocycles. The molecule has 0 spiro atoms. The lowest BCUT2D eigenvalue weighted by molar-refractivity contribution is 0.0683. The van der Waals surface area contributed by atoms with Crippen LogP contribution in [-0.2, 0) is 19.4 Å². The van der Waals surface area contributed by atoms with Gasteiger partial charge in [0.25, 0.3) is 0 Å². The summed E-state index contributed by atoms with van der Waals surface area (Å²) in [6.45, 7) is 7.92. The normalized spacial score (nSPS) is 13.0. The molecule has 0 radical (unpaired) electrons. The third kappa shape index (κ3) is 4.38. The number of thiophene rings is 1. The Morgan fingerprint density at radius 3 is 2.75 bits per heavy atom. The van der Waals surface area contributed by atoms with Gasteiger partial charge in [0.15, 0.2) is 0 Å². The third-order valence-corrected chi connectivity index (χ3v) is 7.34. The number of fused-ring (bicyclic) bond motifs is 3. The standard InChI is InChI=1S/C25H29BrN2O3S/c1-25(2,3)27-10-5-7-16-21(20-8-6-12-32-20)22-17-14-18(26)19(31-4)13-15(17)9-11-28(22)23(16)24(29)30/h6,8,12-14,27H,5,7,9-11H2,1-4H3,(H,29,30). The number of halogens is 1. The highest BCUT2D eigenvalue weighted by molar-refractivity contribution is 9.10. The number of hydrogen-bond donors (Lipinski definition) is 2. The number of methoxy groups -OCH3 is 1. The summed E-state index contributed by atoms with van der Waals surface area (Å²) in [5, 5.41) is 15.8. The van der Waals surface area contributed by atoms with E-state index in [9.17, 15) is 9.90 Å². The van der Waals surface area contributed by atoms with Crippen molar-refractivity contribution in [2.45, 2.75) is 52.1 Å². The van der Waals surface area contributed by atoms with Crippen molar-refractivity contribution in [1.29, 1.82) is 0 Å². The van der Waals surface area contributed by atoms with Crippen molar-refractivity contribution < 1.29 is 14.6 Å². The number of rotatable bonds is 7. The van der Waals surface area contributed by atoms with Gasteiger partial charge in [0, 0.05) is 28.1 Å². The van der Waals surface area contributed by atoms with Crippen molar-refractivity contribution in [2.24, 2.45) is 0 Å². The van der Waals surface area contributed by atoms with Crippen LogP contribution in [0.3, 0.4) is 0 Å². The first-order chi connectivity index (χ1) is 15.2. The molecule has 7 heteroatoms. The van der Waals surface area contributed by atoms with Gasteiger partial charge in [0.05, 0.1) is 17.3 Å². The quantitative estimate of drug-likeness (QED) is 0.365. The van der Waals surface area contributed by atoms with E-state index in [0.29, 0.717) is 18.7 Å². The van der Waals surface area contributed by atoms with Crippen molar-refractivity contribution in [3.8, 4) is 27.4 Å². The second-order valence-corrected chi connectivity index (χ2v) is 11.0. The Morgan fingerprint density at radius 2 is 2.12 bits per heavy atom. The fraction of sp³-hybridized carbons (Fsp3) is 0.400. The molecule has 0 saturated heterocycles. The Kier molecular flexibility index (Phi) is 6.52. The molecule has 4 rings (SSSR count). The lowest BCUT2D eigenvalue weighted by Crippen LogP contribution is -2.36. The van der Waals surface area contributed by atoms with Gasteiger partial charge in [0.2, 0.25) is 0 Å². The number of carboxylic acid groups (broad SMARTS) is 1. The van der Waals surface area contributed by atoms with Gasteiger partial charge in [-0.1, -0.05) is 6.07 Å². The highest BCUT2D eigenvalue weighted by atomic mass is 79.9. The number of carbonyl (C=O) groups is 1. The molecule has 0 amide bonds. The van der Waals surface area contributed by atoms with Crippen molar-refractivity contribution in [1.82, 2.24) is 9.88 Å². The fourth-order valence-electron chi connectivity index (χ4n) is 4.49. The van der Waals surface area contributed by atoms with Crippen molar-refractivity contribution >= 4 is 33.2 Å². The molecule has 32 heavy (non-hydrogen) atoms. The van der Waals surface area contributed by atoms with Crippen LogP contribution < -0.4 is 10.1 Å².